The fraction of sp³-hybridized carbons (Fsp3) is 0.565. The van der Waals surface area contributed by atoms with Crippen molar-refractivity contribution in [3.63, 3.8) is 0 Å². The maximum absolute atomic E-state index is 14.6. The van der Waals surface area contributed by atoms with Crippen molar-refractivity contribution in [3.8, 4) is 17.9 Å². The molecule has 2 saturated carbocycles. The maximum Gasteiger partial charge on any atom is 0.422 e. The highest BCUT2D eigenvalue weighted by molar-refractivity contribution is 7.91. The number of sulfone groups is 1. The molecule has 1 amide bonds. The zero-order valence-electron chi connectivity index (χ0n) is 19.1. The third-order valence-corrected chi connectivity index (χ3v) is 7.73. The summed E-state index contributed by atoms with van der Waals surface area (Å²) in [5.74, 6) is -1.00. The van der Waals surface area contributed by atoms with Gasteiger partial charge >= 0.3 is 12.4 Å². The molecule has 2 fully saturated rings. The largest absolute Gasteiger partial charge is 0.422 e. The van der Waals surface area contributed by atoms with Crippen molar-refractivity contribution in [3.05, 3.63) is 35.6 Å². The highest BCUT2D eigenvalue weighted by Gasteiger charge is 2.58. The molecule has 6 nitrogen and oxygen atoms in total. The summed E-state index contributed by atoms with van der Waals surface area (Å²) < 4.78 is 121. The Kier molecular flexibility index (Phi) is 7.87. The van der Waals surface area contributed by atoms with Gasteiger partial charge in [-0.2, -0.15) is 31.6 Å². The second-order valence-electron chi connectivity index (χ2n) is 9.25. The van der Waals surface area contributed by atoms with Crippen molar-refractivity contribution < 1.29 is 43.9 Å². The van der Waals surface area contributed by atoms with Gasteiger partial charge in [-0.3, -0.25) is 10.1 Å². The number of nitriles is 1. The molecular formula is C23H22F7N3O3S. The second kappa shape index (κ2) is 10.1. The number of nitrogens with zero attached hydrogens (tertiary/aromatic N) is 1. The van der Waals surface area contributed by atoms with Gasteiger partial charge in [-0.15, -0.1) is 0 Å². The Morgan fingerprint density at radius 2 is 1.70 bits per heavy atom. The van der Waals surface area contributed by atoms with Gasteiger partial charge in [0, 0.05) is 0 Å². The van der Waals surface area contributed by atoms with Crippen molar-refractivity contribution in [2.24, 2.45) is 5.92 Å². The summed E-state index contributed by atoms with van der Waals surface area (Å²) in [7, 11) is -4.12. The van der Waals surface area contributed by atoms with E-state index in [1.54, 1.807) is 6.07 Å². The SMILES string of the molecule is N#CC1(NC(=O)[C@H](CS(=O)(=O)CC2CC2)N[C@@](C#CCC(F)(F)F)(c2ccc(F)cc2)C(F)(F)F)CC1. The summed E-state index contributed by atoms with van der Waals surface area (Å²) in [6.07, 6.45) is -10.8. The lowest BCUT2D eigenvalue weighted by Gasteiger charge is -2.36. The van der Waals surface area contributed by atoms with Crippen molar-refractivity contribution >= 4 is 15.7 Å². The Balaban J connectivity index is 2.09. The van der Waals surface area contributed by atoms with E-state index in [1.165, 1.54) is 11.8 Å². The van der Waals surface area contributed by atoms with E-state index in [0.717, 1.165) is 0 Å². The summed E-state index contributed by atoms with van der Waals surface area (Å²) in [5, 5.41) is 13.4. The zero-order valence-corrected chi connectivity index (χ0v) is 20.0. The molecular weight excluding hydrogens is 531 g/mol. The molecule has 0 radical (unpaired) electrons. The van der Waals surface area contributed by atoms with Gasteiger partial charge in [0.05, 0.1) is 17.6 Å². The topological polar surface area (TPSA) is 99.1 Å². The van der Waals surface area contributed by atoms with Crippen LogP contribution in [0.1, 0.15) is 37.7 Å². The van der Waals surface area contributed by atoms with Crippen LogP contribution in [0.25, 0.3) is 0 Å². The van der Waals surface area contributed by atoms with Crippen LogP contribution >= 0.6 is 0 Å². The van der Waals surface area contributed by atoms with E-state index in [4.69, 9.17) is 0 Å². The molecule has 3 rings (SSSR count). The lowest BCUT2D eigenvalue weighted by atomic mass is 9.88. The smallest absolute Gasteiger partial charge is 0.336 e. The highest BCUT2D eigenvalue weighted by Crippen LogP contribution is 2.40. The fourth-order valence-electron chi connectivity index (χ4n) is 3.61. The van der Waals surface area contributed by atoms with E-state index in [1.807, 2.05) is 5.32 Å². The number of rotatable bonds is 9. The third kappa shape index (κ3) is 7.58. The summed E-state index contributed by atoms with van der Waals surface area (Å²) in [5.41, 5.74) is -5.91. The van der Waals surface area contributed by atoms with Gasteiger partial charge in [0.1, 0.15) is 23.8 Å². The van der Waals surface area contributed by atoms with E-state index >= 15 is 0 Å². The molecule has 0 aromatic heterocycles. The number of halogens is 7. The molecule has 0 unspecified atom stereocenters. The van der Waals surface area contributed by atoms with Crippen LogP contribution in [0.3, 0.4) is 0 Å². The summed E-state index contributed by atoms with van der Waals surface area (Å²) in [6.45, 7) is 0. The van der Waals surface area contributed by atoms with Crippen LogP contribution in [0.15, 0.2) is 24.3 Å². The molecule has 0 heterocycles. The molecule has 1 aromatic rings. The average Bonchev–Trinajstić information content (AvgIpc) is 3.69. The van der Waals surface area contributed by atoms with Crippen LogP contribution in [0.5, 0.6) is 0 Å². The van der Waals surface area contributed by atoms with Crippen LogP contribution in [0.4, 0.5) is 30.7 Å². The summed E-state index contributed by atoms with van der Waals surface area (Å²) >= 11 is 0. The highest BCUT2D eigenvalue weighted by atomic mass is 32.2. The van der Waals surface area contributed by atoms with Crippen LogP contribution in [0, 0.1) is 34.9 Å². The number of carbonyl (C=O) groups is 1. The van der Waals surface area contributed by atoms with E-state index in [2.05, 4.69) is 5.32 Å². The number of benzene rings is 1. The molecule has 2 aliphatic carbocycles. The first-order valence-corrected chi connectivity index (χ1v) is 12.9. The van der Waals surface area contributed by atoms with E-state index in [-0.39, 0.29) is 18.8 Å². The first-order valence-electron chi connectivity index (χ1n) is 11.1. The molecule has 2 N–H and O–H groups in total. The predicted octanol–water partition coefficient (Wildman–Crippen LogP) is 3.49. The van der Waals surface area contributed by atoms with E-state index in [0.29, 0.717) is 37.1 Å². The quantitative estimate of drug-likeness (QED) is 0.361. The van der Waals surface area contributed by atoms with Gasteiger partial charge < -0.3 is 5.32 Å². The molecule has 2 aliphatic rings. The van der Waals surface area contributed by atoms with Gasteiger partial charge in [0.15, 0.2) is 9.84 Å². The Morgan fingerprint density at radius 1 is 1.11 bits per heavy atom. The number of amides is 1. The lowest BCUT2D eigenvalue weighted by molar-refractivity contribution is -0.184. The number of hydrogen-bond donors (Lipinski definition) is 2. The molecule has 1 aromatic carbocycles. The van der Waals surface area contributed by atoms with Crippen molar-refractivity contribution in [2.45, 2.75) is 61.6 Å². The van der Waals surface area contributed by atoms with Crippen molar-refractivity contribution in [1.29, 1.82) is 5.26 Å². The Bertz CT molecular complexity index is 1220. The molecule has 0 aliphatic heterocycles. The minimum Gasteiger partial charge on any atom is -0.336 e. The van der Waals surface area contributed by atoms with Crippen LogP contribution < -0.4 is 10.6 Å². The third-order valence-electron chi connectivity index (χ3n) is 5.91. The predicted molar refractivity (Wildman–Crippen MR) is 117 cm³/mol. The van der Waals surface area contributed by atoms with Crippen molar-refractivity contribution in [1.82, 2.24) is 10.6 Å². The van der Waals surface area contributed by atoms with E-state index < -0.39 is 74.5 Å². The maximum atomic E-state index is 14.6. The van der Waals surface area contributed by atoms with Crippen LogP contribution in [0.2, 0.25) is 0 Å². The summed E-state index contributed by atoms with van der Waals surface area (Å²) in [6, 6.07) is 2.15. The summed E-state index contributed by atoms with van der Waals surface area (Å²) in [4.78, 5) is 13.0. The van der Waals surface area contributed by atoms with Gasteiger partial charge in [0.2, 0.25) is 11.4 Å². The molecule has 0 saturated heterocycles. The second-order valence-corrected chi connectivity index (χ2v) is 11.4. The van der Waals surface area contributed by atoms with Crippen LogP contribution in [-0.4, -0.2) is 49.8 Å². The monoisotopic (exact) mass is 553 g/mol. The number of carbonyl (C=O) groups excluding carboxylic acids is 1. The first kappa shape index (κ1) is 28.7. The van der Waals surface area contributed by atoms with E-state index in [9.17, 15) is 49.2 Å². The Morgan fingerprint density at radius 3 is 2.16 bits per heavy atom. The Labute approximate surface area is 208 Å². The standard InChI is InChI=1S/C23H22F7N3O3S/c24-17-6-4-16(5-7-17)21(23(28,29)30,8-1-9-22(25,26)27)32-18(13-37(35,36)12-15-2-3-15)19(34)33-20(14-31)10-11-20/h4-7,15,18,32H,2-3,9-13H2,(H,33,34)/t18-,21-/m0/s1. The zero-order chi connectivity index (χ0) is 27.7. The number of alkyl halides is 6. The minimum absolute atomic E-state index is 0.185. The molecule has 0 bridgehead atoms. The fourth-order valence-corrected chi connectivity index (χ4v) is 5.54. The molecule has 202 valence electrons. The molecule has 2 atom stereocenters. The number of hydrogen-bond acceptors (Lipinski definition) is 5. The number of nitrogens with one attached hydrogen (secondary N) is 2. The van der Waals surface area contributed by atoms with Gasteiger partial charge in [-0.25, -0.2) is 12.8 Å². The minimum atomic E-state index is -5.49. The Hall–Kier alpha value is -2.84. The molecule has 0 spiro atoms. The van der Waals surface area contributed by atoms with Crippen LogP contribution in [-0.2, 0) is 20.2 Å². The molecule has 14 heteroatoms. The molecule has 37 heavy (non-hydrogen) atoms. The van der Waals surface area contributed by atoms with Gasteiger partial charge in [0.25, 0.3) is 0 Å². The lowest BCUT2D eigenvalue weighted by Crippen LogP contribution is -2.62. The van der Waals surface area contributed by atoms with Gasteiger partial charge in [-0.1, -0.05) is 24.0 Å². The van der Waals surface area contributed by atoms with Gasteiger partial charge in [-0.05, 0) is 49.3 Å². The normalized spacial score (nSPS) is 19.5. The average molecular weight is 554 g/mol. The first-order chi connectivity index (χ1) is 17.0. The van der Waals surface area contributed by atoms with Crippen molar-refractivity contribution in [2.75, 3.05) is 11.5 Å².